The lowest BCUT2D eigenvalue weighted by Crippen LogP contribution is -2.57. The molecule has 0 bridgehead atoms. The standard InChI is InChI=1S/C25H30N6O5/c1-16-12-35-9-8-31(16)23-19-5-6-20(17-3-2-4-18(11-17)21(26)34)27-22(19)28-24(29-23)30-7-10-36-25(13-30,14-32)15-33/h2-6,11,16,32-33H,7-10,12-15H2,1H3,(H2,26,34)/t16-/m0/s1. The van der Waals surface area contributed by atoms with Crippen molar-refractivity contribution in [2.75, 3.05) is 62.5 Å². The molecule has 190 valence electrons. The molecule has 0 spiro atoms. The molecule has 11 nitrogen and oxygen atoms in total. The Hall–Kier alpha value is -3.38. The minimum Gasteiger partial charge on any atom is -0.393 e. The van der Waals surface area contributed by atoms with E-state index < -0.39 is 11.5 Å². The van der Waals surface area contributed by atoms with Gasteiger partial charge in [0.2, 0.25) is 11.9 Å². The summed E-state index contributed by atoms with van der Waals surface area (Å²) < 4.78 is 11.3. The summed E-state index contributed by atoms with van der Waals surface area (Å²) >= 11 is 0. The van der Waals surface area contributed by atoms with Crippen LogP contribution in [0, 0.1) is 0 Å². The van der Waals surface area contributed by atoms with Gasteiger partial charge in [-0.25, -0.2) is 4.98 Å². The van der Waals surface area contributed by atoms with Gasteiger partial charge < -0.3 is 35.2 Å². The molecule has 1 atom stereocenters. The lowest BCUT2D eigenvalue weighted by Gasteiger charge is -2.41. The molecule has 0 radical (unpaired) electrons. The number of hydrogen-bond acceptors (Lipinski definition) is 10. The maximum absolute atomic E-state index is 11.7. The Morgan fingerprint density at radius 2 is 1.97 bits per heavy atom. The number of benzene rings is 1. The average molecular weight is 495 g/mol. The van der Waals surface area contributed by atoms with Crippen LogP contribution in [-0.2, 0) is 9.47 Å². The summed E-state index contributed by atoms with van der Waals surface area (Å²) in [5, 5.41) is 20.5. The van der Waals surface area contributed by atoms with Crippen molar-refractivity contribution in [2.24, 2.45) is 5.73 Å². The van der Waals surface area contributed by atoms with Gasteiger partial charge in [-0.1, -0.05) is 12.1 Å². The van der Waals surface area contributed by atoms with Gasteiger partial charge in [0.25, 0.3) is 0 Å². The van der Waals surface area contributed by atoms with E-state index in [2.05, 4.69) is 11.8 Å². The van der Waals surface area contributed by atoms with E-state index in [9.17, 15) is 15.0 Å². The van der Waals surface area contributed by atoms with Gasteiger partial charge in [0, 0.05) is 24.2 Å². The highest BCUT2D eigenvalue weighted by molar-refractivity contribution is 5.94. The number of carbonyl (C=O) groups is 1. The van der Waals surface area contributed by atoms with Crippen molar-refractivity contribution in [2.45, 2.75) is 18.6 Å². The molecule has 3 aromatic rings. The molecule has 4 heterocycles. The second-order valence-electron chi connectivity index (χ2n) is 9.25. The van der Waals surface area contributed by atoms with Gasteiger partial charge in [0.1, 0.15) is 11.4 Å². The Morgan fingerprint density at radius 1 is 1.14 bits per heavy atom. The number of fused-ring (bicyclic) bond motifs is 1. The Balaban J connectivity index is 1.63. The first kappa shape index (κ1) is 24.3. The largest absolute Gasteiger partial charge is 0.393 e. The first-order valence-corrected chi connectivity index (χ1v) is 12.0. The summed E-state index contributed by atoms with van der Waals surface area (Å²) in [6.45, 7) is 4.36. The number of carbonyl (C=O) groups excluding carboxylic acids is 1. The number of aliphatic hydroxyl groups is 2. The average Bonchev–Trinajstić information content (AvgIpc) is 2.92. The van der Waals surface area contributed by atoms with Gasteiger partial charge in [0.15, 0.2) is 5.65 Å². The van der Waals surface area contributed by atoms with Crippen molar-refractivity contribution < 1.29 is 24.5 Å². The maximum Gasteiger partial charge on any atom is 0.248 e. The molecule has 2 aliphatic heterocycles. The quantitative estimate of drug-likeness (QED) is 0.444. The van der Waals surface area contributed by atoms with E-state index in [1.807, 2.05) is 23.1 Å². The van der Waals surface area contributed by atoms with Crippen LogP contribution in [0.25, 0.3) is 22.3 Å². The number of amides is 1. The summed E-state index contributed by atoms with van der Waals surface area (Å²) in [6, 6.07) is 10.9. The third-order valence-electron chi connectivity index (χ3n) is 6.72. The number of primary amides is 1. The van der Waals surface area contributed by atoms with Crippen LogP contribution in [0.3, 0.4) is 0 Å². The van der Waals surface area contributed by atoms with Crippen molar-refractivity contribution in [1.82, 2.24) is 15.0 Å². The SMILES string of the molecule is C[C@H]1COCCN1c1nc(N2CCOC(CO)(CO)C2)nc2nc(-c3cccc(C(N)=O)c3)ccc12. The van der Waals surface area contributed by atoms with Gasteiger partial charge in [-0.2, -0.15) is 9.97 Å². The highest BCUT2D eigenvalue weighted by atomic mass is 16.5. The highest BCUT2D eigenvalue weighted by Crippen LogP contribution is 2.31. The molecule has 36 heavy (non-hydrogen) atoms. The number of ether oxygens (including phenoxy) is 2. The molecule has 2 aliphatic rings. The van der Waals surface area contributed by atoms with Crippen LogP contribution in [0.5, 0.6) is 0 Å². The zero-order valence-corrected chi connectivity index (χ0v) is 20.1. The van der Waals surface area contributed by atoms with Crippen LogP contribution < -0.4 is 15.5 Å². The number of pyridine rings is 1. The third kappa shape index (κ3) is 4.58. The first-order valence-electron chi connectivity index (χ1n) is 12.0. The molecule has 0 aliphatic carbocycles. The maximum atomic E-state index is 11.7. The lowest BCUT2D eigenvalue weighted by molar-refractivity contribution is -0.114. The monoisotopic (exact) mass is 494 g/mol. The normalized spacial score (nSPS) is 20.0. The Labute approximate surface area is 208 Å². The molecule has 5 rings (SSSR count). The predicted octanol–water partition coefficient (Wildman–Crippen LogP) is 0.576. The molecule has 11 heteroatoms. The molecular weight excluding hydrogens is 464 g/mol. The zero-order valence-electron chi connectivity index (χ0n) is 20.1. The van der Waals surface area contributed by atoms with Gasteiger partial charge in [-0.15, -0.1) is 0 Å². The number of aromatic nitrogens is 3. The first-order chi connectivity index (χ1) is 17.4. The van der Waals surface area contributed by atoms with E-state index in [1.165, 1.54) is 0 Å². The molecular formula is C25H30N6O5. The van der Waals surface area contributed by atoms with Crippen LogP contribution in [0.1, 0.15) is 17.3 Å². The fourth-order valence-corrected chi connectivity index (χ4v) is 4.63. The number of rotatable bonds is 6. The second kappa shape index (κ2) is 9.94. The summed E-state index contributed by atoms with van der Waals surface area (Å²) in [7, 11) is 0. The van der Waals surface area contributed by atoms with Crippen LogP contribution in [0.4, 0.5) is 11.8 Å². The van der Waals surface area contributed by atoms with E-state index in [1.54, 1.807) is 18.2 Å². The van der Waals surface area contributed by atoms with Crippen LogP contribution in [0.2, 0.25) is 0 Å². The second-order valence-corrected chi connectivity index (χ2v) is 9.25. The van der Waals surface area contributed by atoms with Crippen molar-refractivity contribution in [3.8, 4) is 11.3 Å². The molecule has 4 N–H and O–H groups in total. The third-order valence-corrected chi connectivity index (χ3v) is 6.72. The van der Waals surface area contributed by atoms with Crippen molar-refractivity contribution in [1.29, 1.82) is 0 Å². The summed E-state index contributed by atoms with van der Waals surface area (Å²) in [4.78, 5) is 30.4. The van der Waals surface area contributed by atoms with Gasteiger partial charge in [-0.3, -0.25) is 4.79 Å². The van der Waals surface area contributed by atoms with Crippen molar-refractivity contribution in [3.05, 3.63) is 42.0 Å². The number of morpholine rings is 2. The van der Waals surface area contributed by atoms with E-state index in [0.29, 0.717) is 55.8 Å². The zero-order chi connectivity index (χ0) is 25.3. The molecule has 2 aromatic heterocycles. The number of hydrogen-bond donors (Lipinski definition) is 3. The Bertz CT molecular complexity index is 1270. The van der Waals surface area contributed by atoms with E-state index in [-0.39, 0.29) is 25.8 Å². The smallest absolute Gasteiger partial charge is 0.248 e. The highest BCUT2D eigenvalue weighted by Gasteiger charge is 2.37. The fraction of sp³-hybridized carbons (Fsp3) is 0.440. The predicted molar refractivity (Wildman–Crippen MR) is 134 cm³/mol. The molecule has 2 fully saturated rings. The van der Waals surface area contributed by atoms with Crippen LogP contribution in [-0.4, -0.2) is 95.4 Å². The number of nitrogens with two attached hydrogens (primary N) is 1. The number of aliphatic hydroxyl groups excluding tert-OH is 2. The molecule has 0 saturated carbocycles. The fourth-order valence-electron chi connectivity index (χ4n) is 4.63. The molecule has 2 saturated heterocycles. The summed E-state index contributed by atoms with van der Waals surface area (Å²) in [5.41, 5.74) is 6.68. The van der Waals surface area contributed by atoms with E-state index in [0.717, 1.165) is 16.8 Å². The van der Waals surface area contributed by atoms with E-state index in [4.69, 9.17) is 30.2 Å². The number of anilines is 2. The summed E-state index contributed by atoms with van der Waals surface area (Å²) in [5.74, 6) is 0.691. The molecule has 0 unspecified atom stereocenters. The van der Waals surface area contributed by atoms with Gasteiger partial charge in [-0.05, 0) is 31.2 Å². The van der Waals surface area contributed by atoms with Crippen LogP contribution >= 0.6 is 0 Å². The van der Waals surface area contributed by atoms with Gasteiger partial charge in [0.05, 0.1) is 56.7 Å². The minimum atomic E-state index is -1.09. The molecule has 1 amide bonds. The Kier molecular flexibility index (Phi) is 6.71. The summed E-state index contributed by atoms with van der Waals surface area (Å²) in [6.07, 6.45) is 0. The van der Waals surface area contributed by atoms with E-state index >= 15 is 0 Å². The molecule has 1 aromatic carbocycles. The minimum absolute atomic E-state index is 0.107. The number of nitrogens with zero attached hydrogens (tertiary/aromatic N) is 5. The van der Waals surface area contributed by atoms with Crippen molar-refractivity contribution in [3.63, 3.8) is 0 Å². The topological polar surface area (TPSA) is 147 Å². The van der Waals surface area contributed by atoms with Crippen LogP contribution in [0.15, 0.2) is 36.4 Å². The Morgan fingerprint density at radius 3 is 2.72 bits per heavy atom. The van der Waals surface area contributed by atoms with Gasteiger partial charge >= 0.3 is 0 Å². The van der Waals surface area contributed by atoms with Crippen molar-refractivity contribution >= 4 is 28.7 Å². The lowest BCUT2D eigenvalue weighted by atomic mass is 10.0.